The maximum Gasteiger partial charge on any atom is 0.228 e. The molecule has 2 heteroatoms. The van der Waals surface area contributed by atoms with Crippen molar-refractivity contribution in [2.45, 2.75) is 25.2 Å². The first kappa shape index (κ1) is 12.9. The second-order valence-electron chi connectivity index (χ2n) is 5.49. The topological polar surface area (TPSA) is 29.1 Å². The van der Waals surface area contributed by atoms with E-state index in [0.29, 0.717) is 0 Å². The maximum atomic E-state index is 12.3. The van der Waals surface area contributed by atoms with Crippen LogP contribution in [-0.2, 0) is 4.79 Å². The van der Waals surface area contributed by atoms with Crippen molar-refractivity contribution in [2.24, 2.45) is 0 Å². The highest BCUT2D eigenvalue weighted by Gasteiger charge is 2.33. The minimum Gasteiger partial charge on any atom is -0.356 e. The average Bonchev–Trinajstić information content (AvgIpc) is 2.49. The number of rotatable bonds is 2. The average molecular weight is 265 g/mol. The summed E-state index contributed by atoms with van der Waals surface area (Å²) in [7, 11) is 0. The van der Waals surface area contributed by atoms with Crippen molar-refractivity contribution in [3.05, 3.63) is 71.3 Å². The molecule has 1 heterocycles. The fourth-order valence-corrected chi connectivity index (χ4v) is 3.03. The number of nitrogens with one attached hydrogen (secondary N) is 1. The van der Waals surface area contributed by atoms with Crippen molar-refractivity contribution in [1.29, 1.82) is 0 Å². The smallest absolute Gasteiger partial charge is 0.228 e. The number of hydrogen-bond donors (Lipinski definition) is 1. The molecule has 1 amide bonds. The zero-order valence-electron chi connectivity index (χ0n) is 11.7. The van der Waals surface area contributed by atoms with E-state index in [1.165, 1.54) is 11.1 Å². The number of carbonyl (C=O) groups excluding carboxylic acids is 1. The molecule has 3 rings (SSSR count). The summed E-state index contributed by atoms with van der Waals surface area (Å²) < 4.78 is 0. The molecule has 0 saturated carbocycles. The van der Waals surface area contributed by atoms with E-state index in [9.17, 15) is 4.79 Å². The highest BCUT2D eigenvalue weighted by atomic mass is 16.1. The molecule has 102 valence electrons. The molecular weight excluding hydrogens is 246 g/mol. The van der Waals surface area contributed by atoms with Crippen molar-refractivity contribution in [1.82, 2.24) is 5.32 Å². The van der Waals surface area contributed by atoms with Crippen molar-refractivity contribution in [3.8, 4) is 0 Å². The Morgan fingerprint density at radius 1 is 0.950 bits per heavy atom. The fourth-order valence-electron chi connectivity index (χ4n) is 3.03. The summed E-state index contributed by atoms with van der Waals surface area (Å²) in [5, 5.41) is 3.00. The quantitative estimate of drug-likeness (QED) is 0.886. The van der Waals surface area contributed by atoms with Gasteiger partial charge in [-0.25, -0.2) is 0 Å². The van der Waals surface area contributed by atoms with E-state index < -0.39 is 0 Å². The van der Waals surface area contributed by atoms with Crippen LogP contribution in [0.5, 0.6) is 0 Å². The van der Waals surface area contributed by atoms with E-state index >= 15 is 0 Å². The molecule has 0 radical (unpaired) electrons. The number of carbonyl (C=O) groups is 1. The van der Waals surface area contributed by atoms with E-state index in [0.717, 1.165) is 18.5 Å². The van der Waals surface area contributed by atoms with Crippen LogP contribution in [0.25, 0.3) is 0 Å². The molecule has 20 heavy (non-hydrogen) atoms. The van der Waals surface area contributed by atoms with Crippen molar-refractivity contribution in [2.75, 3.05) is 6.54 Å². The van der Waals surface area contributed by atoms with Crippen LogP contribution in [0.3, 0.4) is 0 Å². The van der Waals surface area contributed by atoms with Gasteiger partial charge in [0.15, 0.2) is 0 Å². The van der Waals surface area contributed by atoms with Crippen LogP contribution in [0.1, 0.15) is 34.9 Å². The Labute approximate surface area is 119 Å². The Morgan fingerprint density at radius 2 is 1.65 bits per heavy atom. The molecule has 0 aliphatic carbocycles. The van der Waals surface area contributed by atoms with Crippen molar-refractivity contribution in [3.63, 3.8) is 0 Å². The molecular formula is C18H19NO. The summed E-state index contributed by atoms with van der Waals surface area (Å²) >= 11 is 0. The predicted molar refractivity (Wildman–Crippen MR) is 80.7 cm³/mol. The summed E-state index contributed by atoms with van der Waals surface area (Å²) in [6.45, 7) is 2.85. The van der Waals surface area contributed by atoms with E-state index in [1.54, 1.807) is 0 Å². The normalized spacial score (nSPS) is 22.4. The third-order valence-electron chi connectivity index (χ3n) is 4.10. The Kier molecular flexibility index (Phi) is 3.55. The molecule has 0 spiro atoms. The van der Waals surface area contributed by atoms with Gasteiger partial charge in [-0.1, -0.05) is 60.2 Å². The first-order chi connectivity index (χ1) is 9.75. The summed E-state index contributed by atoms with van der Waals surface area (Å²) in [5.41, 5.74) is 3.62. The molecule has 0 unspecified atom stereocenters. The zero-order valence-corrected chi connectivity index (χ0v) is 11.7. The third-order valence-corrected chi connectivity index (χ3v) is 4.10. The van der Waals surface area contributed by atoms with Gasteiger partial charge in [0.2, 0.25) is 5.91 Å². The lowest BCUT2D eigenvalue weighted by atomic mass is 9.77. The van der Waals surface area contributed by atoms with Gasteiger partial charge in [0.25, 0.3) is 0 Å². The van der Waals surface area contributed by atoms with Gasteiger partial charge in [-0.3, -0.25) is 4.79 Å². The van der Waals surface area contributed by atoms with Crippen LogP contribution < -0.4 is 5.32 Å². The van der Waals surface area contributed by atoms with E-state index in [1.807, 2.05) is 18.2 Å². The third kappa shape index (κ3) is 2.46. The van der Waals surface area contributed by atoms with Gasteiger partial charge >= 0.3 is 0 Å². The SMILES string of the molecule is Cc1ccc([C@@H]2CCNC(=O)[C@H]2c2ccccc2)cc1. The van der Waals surface area contributed by atoms with Gasteiger partial charge in [0.05, 0.1) is 5.92 Å². The monoisotopic (exact) mass is 265 g/mol. The Hall–Kier alpha value is -2.09. The number of piperidine rings is 1. The number of benzene rings is 2. The first-order valence-corrected chi connectivity index (χ1v) is 7.15. The van der Waals surface area contributed by atoms with Crippen LogP contribution in [0.4, 0.5) is 0 Å². The fraction of sp³-hybridized carbons (Fsp3) is 0.278. The number of amides is 1. The second-order valence-corrected chi connectivity index (χ2v) is 5.49. The lowest BCUT2D eigenvalue weighted by molar-refractivity contribution is -0.124. The standard InChI is InChI=1S/C18H19NO/c1-13-7-9-14(10-8-13)16-11-12-19-18(20)17(16)15-5-3-2-4-6-15/h2-10,16-17H,11-12H2,1H3,(H,19,20)/t16-,17-/m0/s1. The number of hydrogen-bond acceptors (Lipinski definition) is 1. The Balaban J connectivity index is 1.98. The molecule has 1 aliphatic rings. The predicted octanol–water partition coefficient (Wildman–Crippen LogP) is 3.38. The molecule has 0 aromatic heterocycles. The molecule has 0 bridgehead atoms. The molecule has 2 atom stereocenters. The van der Waals surface area contributed by atoms with E-state index in [4.69, 9.17) is 0 Å². The van der Waals surface area contributed by atoms with Gasteiger partial charge in [0, 0.05) is 12.5 Å². The van der Waals surface area contributed by atoms with Crippen LogP contribution in [0.2, 0.25) is 0 Å². The van der Waals surface area contributed by atoms with Gasteiger partial charge in [-0.15, -0.1) is 0 Å². The maximum absolute atomic E-state index is 12.3. The summed E-state index contributed by atoms with van der Waals surface area (Å²) in [5.74, 6) is 0.340. The molecule has 1 fully saturated rings. The van der Waals surface area contributed by atoms with Crippen LogP contribution >= 0.6 is 0 Å². The largest absolute Gasteiger partial charge is 0.356 e. The zero-order chi connectivity index (χ0) is 13.9. The van der Waals surface area contributed by atoms with Crippen LogP contribution in [0, 0.1) is 6.92 Å². The first-order valence-electron chi connectivity index (χ1n) is 7.15. The van der Waals surface area contributed by atoms with E-state index in [2.05, 4.69) is 48.6 Å². The van der Waals surface area contributed by atoms with Gasteiger partial charge < -0.3 is 5.32 Å². The lowest BCUT2D eigenvalue weighted by Crippen LogP contribution is -2.39. The summed E-state index contributed by atoms with van der Waals surface area (Å²) in [6, 6.07) is 18.7. The molecule has 2 aromatic rings. The number of aryl methyl sites for hydroxylation is 1. The minimum atomic E-state index is -0.0762. The van der Waals surface area contributed by atoms with Crippen LogP contribution in [0.15, 0.2) is 54.6 Å². The highest BCUT2D eigenvalue weighted by molar-refractivity contribution is 5.85. The minimum absolute atomic E-state index is 0.0762. The molecule has 2 aromatic carbocycles. The molecule has 1 N–H and O–H groups in total. The van der Waals surface area contributed by atoms with Gasteiger partial charge in [-0.2, -0.15) is 0 Å². The van der Waals surface area contributed by atoms with Gasteiger partial charge in [0.1, 0.15) is 0 Å². The lowest BCUT2D eigenvalue weighted by Gasteiger charge is -2.32. The molecule has 1 saturated heterocycles. The molecule has 2 nitrogen and oxygen atoms in total. The summed E-state index contributed by atoms with van der Waals surface area (Å²) in [6.07, 6.45) is 0.994. The molecule has 1 aliphatic heterocycles. The Bertz CT molecular complexity index is 589. The van der Waals surface area contributed by atoms with Crippen molar-refractivity contribution < 1.29 is 4.79 Å². The van der Waals surface area contributed by atoms with Crippen molar-refractivity contribution >= 4 is 5.91 Å². The Morgan fingerprint density at radius 3 is 2.35 bits per heavy atom. The highest BCUT2D eigenvalue weighted by Crippen LogP contribution is 2.37. The van der Waals surface area contributed by atoms with Crippen LogP contribution in [-0.4, -0.2) is 12.5 Å². The van der Waals surface area contributed by atoms with Gasteiger partial charge in [-0.05, 0) is 24.5 Å². The summed E-state index contributed by atoms with van der Waals surface area (Å²) in [4.78, 5) is 12.3. The van der Waals surface area contributed by atoms with E-state index in [-0.39, 0.29) is 17.7 Å². The second kappa shape index (κ2) is 5.49.